The Labute approximate surface area is 90.4 Å². The second-order valence-corrected chi connectivity index (χ2v) is 3.17. The molecule has 0 aromatic carbocycles. The highest BCUT2D eigenvalue weighted by molar-refractivity contribution is 6.05. The first-order chi connectivity index (χ1) is 7.58. The molecule has 0 spiro atoms. The molecule has 1 amide bonds. The maximum atomic E-state index is 11.7. The van der Waals surface area contributed by atoms with Crippen LogP contribution in [-0.2, 0) is 7.05 Å². The summed E-state index contributed by atoms with van der Waals surface area (Å²) in [5, 5.41) is 9.82. The Bertz CT molecular complexity index is 509. The predicted octanol–water partition coefficient (Wildman–Crippen LogP) is -0.0540. The first-order valence-corrected chi connectivity index (χ1v) is 4.47. The number of carbonyl (C=O) groups excluding carboxylic acids is 1. The normalized spacial score (nSPS) is 10.4. The van der Waals surface area contributed by atoms with Crippen LogP contribution in [0.5, 0.6) is 0 Å². The molecule has 2 aromatic heterocycles. The van der Waals surface area contributed by atoms with E-state index in [0.29, 0.717) is 5.82 Å². The van der Waals surface area contributed by atoms with Gasteiger partial charge in [-0.05, 0) is 6.92 Å². The Morgan fingerprint density at radius 2 is 2.38 bits per heavy atom. The van der Waals surface area contributed by atoms with Crippen molar-refractivity contribution in [1.82, 2.24) is 19.9 Å². The minimum atomic E-state index is -0.443. The van der Waals surface area contributed by atoms with E-state index < -0.39 is 5.91 Å². The number of hydrogen-bond acceptors (Lipinski definition) is 6. The van der Waals surface area contributed by atoms with Crippen molar-refractivity contribution in [2.45, 2.75) is 6.92 Å². The molecule has 16 heavy (non-hydrogen) atoms. The number of hydrogen-bond donors (Lipinski definition) is 2. The second-order valence-electron chi connectivity index (χ2n) is 3.17. The number of nitrogens with one attached hydrogen (secondary N) is 1. The van der Waals surface area contributed by atoms with Crippen molar-refractivity contribution in [2.24, 2.45) is 7.05 Å². The second kappa shape index (κ2) is 3.65. The molecule has 2 rings (SSSR count). The van der Waals surface area contributed by atoms with Gasteiger partial charge in [-0.1, -0.05) is 5.16 Å². The lowest BCUT2D eigenvalue weighted by atomic mass is 10.3. The monoisotopic (exact) mass is 222 g/mol. The van der Waals surface area contributed by atoms with Crippen LogP contribution in [0.4, 0.5) is 11.7 Å². The molecular formula is C8H10N6O2. The lowest BCUT2D eigenvalue weighted by Gasteiger charge is -2.01. The number of amides is 1. The average Bonchev–Trinajstić information content (AvgIpc) is 2.74. The number of aryl methyl sites for hydroxylation is 2. The maximum absolute atomic E-state index is 11.7. The summed E-state index contributed by atoms with van der Waals surface area (Å²) in [7, 11) is 1.62. The lowest BCUT2D eigenvalue weighted by molar-refractivity contribution is 0.101. The third-order valence-electron chi connectivity index (χ3n) is 1.93. The minimum Gasteiger partial charge on any atom is -0.396 e. The summed E-state index contributed by atoms with van der Waals surface area (Å²) in [6.45, 7) is 1.65. The van der Waals surface area contributed by atoms with Crippen LogP contribution in [0.15, 0.2) is 10.7 Å². The van der Waals surface area contributed by atoms with Gasteiger partial charge in [-0.15, -0.1) is 0 Å². The van der Waals surface area contributed by atoms with Crippen LogP contribution in [0.25, 0.3) is 0 Å². The Morgan fingerprint density at radius 1 is 1.62 bits per heavy atom. The summed E-state index contributed by atoms with van der Waals surface area (Å²) in [5.74, 6) is -0.00516. The highest BCUT2D eigenvalue weighted by Gasteiger charge is 2.17. The summed E-state index contributed by atoms with van der Waals surface area (Å²) >= 11 is 0. The molecule has 2 aromatic rings. The molecule has 0 aliphatic heterocycles. The fourth-order valence-corrected chi connectivity index (χ4v) is 1.24. The average molecular weight is 222 g/mol. The smallest absolute Gasteiger partial charge is 0.328 e. The highest BCUT2D eigenvalue weighted by atomic mass is 16.5. The molecule has 0 radical (unpaired) electrons. The summed E-state index contributed by atoms with van der Waals surface area (Å²) in [4.78, 5) is 15.6. The molecule has 0 bridgehead atoms. The van der Waals surface area contributed by atoms with E-state index in [2.05, 4.69) is 20.6 Å². The van der Waals surface area contributed by atoms with E-state index in [1.54, 1.807) is 14.0 Å². The van der Waals surface area contributed by atoms with E-state index in [9.17, 15) is 4.79 Å². The molecule has 0 fully saturated rings. The van der Waals surface area contributed by atoms with Crippen LogP contribution in [0.1, 0.15) is 16.3 Å². The van der Waals surface area contributed by atoms with Gasteiger partial charge in [-0.3, -0.25) is 14.8 Å². The summed E-state index contributed by atoms with van der Waals surface area (Å²) in [5.41, 5.74) is 6.12. The molecule has 0 unspecified atom stereocenters. The van der Waals surface area contributed by atoms with E-state index in [1.807, 2.05) is 0 Å². The molecular weight excluding hydrogens is 212 g/mol. The Morgan fingerprint density at radius 3 is 2.88 bits per heavy atom. The van der Waals surface area contributed by atoms with Gasteiger partial charge in [-0.25, -0.2) is 0 Å². The molecule has 8 nitrogen and oxygen atoms in total. The van der Waals surface area contributed by atoms with Gasteiger partial charge in [0.05, 0.1) is 11.9 Å². The van der Waals surface area contributed by atoms with Crippen molar-refractivity contribution in [1.29, 1.82) is 0 Å². The van der Waals surface area contributed by atoms with Crippen molar-refractivity contribution in [3.05, 3.63) is 17.7 Å². The number of carbonyl (C=O) groups is 1. The van der Waals surface area contributed by atoms with Crippen LogP contribution < -0.4 is 11.1 Å². The van der Waals surface area contributed by atoms with Crippen LogP contribution in [0.2, 0.25) is 0 Å². The molecule has 0 saturated heterocycles. The predicted molar refractivity (Wildman–Crippen MR) is 54.6 cm³/mol. The maximum Gasteiger partial charge on any atom is 0.328 e. The summed E-state index contributed by atoms with van der Waals surface area (Å²) in [6, 6.07) is 0.0306. The topological polar surface area (TPSA) is 112 Å². The van der Waals surface area contributed by atoms with Gasteiger partial charge >= 0.3 is 6.01 Å². The van der Waals surface area contributed by atoms with Crippen LogP contribution >= 0.6 is 0 Å². The first-order valence-electron chi connectivity index (χ1n) is 4.47. The molecule has 0 atom stereocenters. The van der Waals surface area contributed by atoms with Crippen LogP contribution in [0.3, 0.4) is 0 Å². The number of rotatable bonds is 2. The van der Waals surface area contributed by atoms with Crippen molar-refractivity contribution in [3.63, 3.8) is 0 Å². The lowest BCUT2D eigenvalue weighted by Crippen LogP contribution is -2.17. The third kappa shape index (κ3) is 1.72. The zero-order valence-corrected chi connectivity index (χ0v) is 8.76. The van der Waals surface area contributed by atoms with Gasteiger partial charge in [0.15, 0.2) is 5.82 Å². The Balaban J connectivity index is 2.21. The Hall–Kier alpha value is -2.38. The van der Waals surface area contributed by atoms with E-state index in [4.69, 9.17) is 10.3 Å². The third-order valence-corrected chi connectivity index (χ3v) is 1.93. The van der Waals surface area contributed by atoms with Crippen LogP contribution in [0, 0.1) is 6.92 Å². The van der Waals surface area contributed by atoms with Crippen molar-refractivity contribution < 1.29 is 9.32 Å². The quantitative estimate of drug-likeness (QED) is 0.736. The van der Waals surface area contributed by atoms with Crippen molar-refractivity contribution in [2.75, 3.05) is 11.1 Å². The van der Waals surface area contributed by atoms with Gasteiger partial charge in [-0.2, -0.15) is 10.1 Å². The fourth-order valence-electron chi connectivity index (χ4n) is 1.24. The number of nitrogens with zero attached hydrogens (tertiary/aromatic N) is 4. The number of nitrogens with two attached hydrogens (primary N) is 1. The molecule has 0 aliphatic carbocycles. The van der Waals surface area contributed by atoms with Gasteiger partial charge in [0, 0.05) is 7.05 Å². The summed E-state index contributed by atoms with van der Waals surface area (Å²) in [6.07, 6.45) is 1.40. The highest BCUT2D eigenvalue weighted by Crippen LogP contribution is 2.11. The molecule has 84 valence electrons. The van der Waals surface area contributed by atoms with Gasteiger partial charge < -0.3 is 10.3 Å². The standard InChI is InChI=1S/C8H10N6O2/c1-4-11-8(16-13-4)12-7(15)6-5(9)3-10-14(6)2/h3H,9H2,1-2H3,(H,11,12,13,15). The van der Waals surface area contributed by atoms with Crippen LogP contribution in [-0.4, -0.2) is 25.8 Å². The summed E-state index contributed by atoms with van der Waals surface area (Å²) < 4.78 is 6.12. The van der Waals surface area contributed by atoms with E-state index in [1.165, 1.54) is 10.9 Å². The number of aromatic nitrogens is 4. The number of nitrogen functional groups attached to an aromatic ring is 1. The van der Waals surface area contributed by atoms with Crippen molar-refractivity contribution >= 4 is 17.6 Å². The largest absolute Gasteiger partial charge is 0.396 e. The fraction of sp³-hybridized carbons (Fsp3) is 0.250. The SMILES string of the molecule is Cc1noc(NC(=O)c2c(N)cnn2C)n1. The Kier molecular flexibility index (Phi) is 2.31. The van der Waals surface area contributed by atoms with Gasteiger partial charge in [0.25, 0.3) is 5.91 Å². The number of anilines is 2. The minimum absolute atomic E-state index is 0.0306. The zero-order valence-electron chi connectivity index (χ0n) is 8.76. The van der Waals surface area contributed by atoms with Crippen molar-refractivity contribution in [3.8, 4) is 0 Å². The zero-order chi connectivity index (χ0) is 11.7. The first kappa shape index (κ1) is 10.1. The molecule has 2 heterocycles. The molecule has 3 N–H and O–H groups in total. The van der Waals surface area contributed by atoms with Gasteiger partial charge in [0.1, 0.15) is 5.69 Å². The van der Waals surface area contributed by atoms with E-state index in [0.717, 1.165) is 0 Å². The van der Waals surface area contributed by atoms with E-state index >= 15 is 0 Å². The van der Waals surface area contributed by atoms with E-state index in [-0.39, 0.29) is 17.4 Å². The van der Waals surface area contributed by atoms with Gasteiger partial charge in [0.2, 0.25) is 0 Å². The molecule has 8 heteroatoms. The molecule has 0 saturated carbocycles. The molecule has 0 aliphatic rings.